The predicted molar refractivity (Wildman–Crippen MR) is 76.1 cm³/mol. The number of hydrogen-bond donors (Lipinski definition) is 1. The fourth-order valence-corrected chi connectivity index (χ4v) is 3.13. The zero-order chi connectivity index (χ0) is 12.7. The summed E-state index contributed by atoms with van der Waals surface area (Å²) in [7, 11) is 1.95. The molecule has 0 aliphatic rings. The minimum absolute atomic E-state index is 0.210. The van der Waals surface area contributed by atoms with Crippen molar-refractivity contribution in [3.8, 4) is 0 Å². The molecule has 2 heterocycles. The fourth-order valence-electron chi connectivity index (χ4n) is 2.11. The van der Waals surface area contributed by atoms with Crippen LogP contribution in [0.15, 0.2) is 35.7 Å². The third-order valence-corrected chi connectivity index (χ3v) is 4.27. The van der Waals surface area contributed by atoms with Gasteiger partial charge in [0.25, 0.3) is 0 Å². The molecule has 18 heavy (non-hydrogen) atoms. The molecule has 92 valence electrons. The smallest absolute Gasteiger partial charge is 0.132 e. The monoisotopic (exact) mass is 277 g/mol. The van der Waals surface area contributed by atoms with Crippen LogP contribution in [0.1, 0.15) is 16.7 Å². The zero-order valence-corrected chi connectivity index (χ0v) is 11.4. The maximum absolute atomic E-state index is 6.26. The topological polar surface area (TPSA) is 43.8 Å². The number of hydrogen-bond acceptors (Lipinski definition) is 3. The maximum atomic E-state index is 6.26. The molecular formula is C13H12ClN3S. The van der Waals surface area contributed by atoms with Crippen molar-refractivity contribution in [3.05, 3.63) is 51.4 Å². The van der Waals surface area contributed by atoms with E-state index in [0.717, 1.165) is 21.7 Å². The van der Waals surface area contributed by atoms with Gasteiger partial charge in [-0.3, -0.25) is 0 Å². The molecule has 0 saturated carbocycles. The molecule has 0 spiro atoms. The molecule has 1 aromatic carbocycles. The third-order valence-electron chi connectivity index (χ3n) is 3.01. The highest BCUT2D eigenvalue weighted by atomic mass is 35.5. The van der Waals surface area contributed by atoms with Crippen molar-refractivity contribution in [1.82, 2.24) is 9.55 Å². The molecule has 0 aliphatic carbocycles. The number of thiophene rings is 1. The van der Waals surface area contributed by atoms with Crippen LogP contribution in [0.4, 0.5) is 0 Å². The number of rotatable bonds is 2. The van der Waals surface area contributed by atoms with E-state index in [0.29, 0.717) is 5.02 Å². The van der Waals surface area contributed by atoms with Crippen molar-refractivity contribution in [1.29, 1.82) is 0 Å². The van der Waals surface area contributed by atoms with Gasteiger partial charge in [0.05, 0.1) is 22.1 Å². The molecule has 1 unspecified atom stereocenters. The molecule has 2 aromatic heterocycles. The van der Waals surface area contributed by atoms with Crippen LogP contribution in [0, 0.1) is 0 Å². The van der Waals surface area contributed by atoms with Gasteiger partial charge in [0.15, 0.2) is 0 Å². The molecule has 3 nitrogen and oxygen atoms in total. The number of para-hydroxylation sites is 1. The molecule has 3 aromatic rings. The molecule has 2 N–H and O–H groups in total. The summed E-state index contributed by atoms with van der Waals surface area (Å²) in [6.07, 6.45) is 0. The van der Waals surface area contributed by atoms with E-state index in [1.54, 1.807) is 11.3 Å². The first kappa shape index (κ1) is 11.7. The minimum Gasteiger partial charge on any atom is -0.328 e. The van der Waals surface area contributed by atoms with Crippen molar-refractivity contribution < 1.29 is 0 Å². The van der Waals surface area contributed by atoms with E-state index in [4.69, 9.17) is 17.3 Å². The number of benzene rings is 1. The first-order valence-electron chi connectivity index (χ1n) is 5.58. The van der Waals surface area contributed by atoms with E-state index in [9.17, 15) is 0 Å². The van der Waals surface area contributed by atoms with Crippen LogP contribution in [0.3, 0.4) is 0 Å². The van der Waals surface area contributed by atoms with Gasteiger partial charge in [-0.2, -0.15) is 0 Å². The van der Waals surface area contributed by atoms with Gasteiger partial charge in [0.1, 0.15) is 5.82 Å². The summed E-state index contributed by atoms with van der Waals surface area (Å²) in [5.74, 6) is 0.834. The average Bonchev–Trinajstić information content (AvgIpc) is 2.97. The van der Waals surface area contributed by atoms with Gasteiger partial charge >= 0.3 is 0 Å². The first-order chi connectivity index (χ1) is 8.68. The van der Waals surface area contributed by atoms with Gasteiger partial charge in [-0.05, 0) is 23.6 Å². The number of aromatic nitrogens is 2. The van der Waals surface area contributed by atoms with Gasteiger partial charge in [-0.15, -0.1) is 11.3 Å². The Kier molecular flexibility index (Phi) is 2.86. The van der Waals surface area contributed by atoms with Gasteiger partial charge in [-0.25, -0.2) is 4.98 Å². The van der Waals surface area contributed by atoms with Gasteiger partial charge in [-0.1, -0.05) is 23.7 Å². The van der Waals surface area contributed by atoms with Crippen molar-refractivity contribution in [2.75, 3.05) is 0 Å². The highest BCUT2D eigenvalue weighted by Crippen LogP contribution is 2.29. The summed E-state index contributed by atoms with van der Waals surface area (Å²) in [6, 6.07) is 9.53. The van der Waals surface area contributed by atoms with Crippen LogP contribution in [0.25, 0.3) is 11.0 Å². The summed E-state index contributed by atoms with van der Waals surface area (Å²) >= 11 is 7.84. The molecule has 0 radical (unpaired) electrons. The normalized spacial score (nSPS) is 13.1. The Morgan fingerprint density at radius 2 is 2.17 bits per heavy atom. The van der Waals surface area contributed by atoms with E-state index in [1.807, 2.05) is 47.3 Å². The zero-order valence-electron chi connectivity index (χ0n) is 9.80. The van der Waals surface area contributed by atoms with E-state index in [2.05, 4.69) is 4.98 Å². The first-order valence-corrected chi connectivity index (χ1v) is 6.84. The SMILES string of the molecule is Cn1c(C(N)c2cccs2)nc2cccc(Cl)c21. The third kappa shape index (κ3) is 1.73. The summed E-state index contributed by atoms with van der Waals surface area (Å²) in [6.45, 7) is 0. The Bertz CT molecular complexity index is 688. The van der Waals surface area contributed by atoms with Crippen LogP contribution in [-0.2, 0) is 7.05 Å². The number of imidazole rings is 1. The van der Waals surface area contributed by atoms with Crippen LogP contribution in [0.2, 0.25) is 5.02 Å². The molecule has 0 fully saturated rings. The molecule has 0 bridgehead atoms. The van der Waals surface area contributed by atoms with E-state index >= 15 is 0 Å². The van der Waals surface area contributed by atoms with Crippen molar-refractivity contribution in [2.45, 2.75) is 6.04 Å². The van der Waals surface area contributed by atoms with E-state index in [-0.39, 0.29) is 6.04 Å². The number of fused-ring (bicyclic) bond motifs is 1. The standard InChI is InChI=1S/C13H12ClN3S/c1-17-12-8(14)4-2-5-9(12)16-13(17)11(15)10-6-3-7-18-10/h2-7,11H,15H2,1H3. The Morgan fingerprint density at radius 1 is 1.33 bits per heavy atom. The lowest BCUT2D eigenvalue weighted by Gasteiger charge is -2.09. The van der Waals surface area contributed by atoms with Crippen molar-refractivity contribution in [3.63, 3.8) is 0 Å². The van der Waals surface area contributed by atoms with Crippen LogP contribution >= 0.6 is 22.9 Å². The second-order valence-electron chi connectivity index (χ2n) is 4.13. The van der Waals surface area contributed by atoms with Crippen molar-refractivity contribution in [2.24, 2.45) is 12.8 Å². The molecule has 0 saturated heterocycles. The Hall–Kier alpha value is -1.36. The molecule has 1 atom stereocenters. The van der Waals surface area contributed by atoms with Crippen molar-refractivity contribution >= 4 is 34.0 Å². The second-order valence-corrected chi connectivity index (χ2v) is 5.52. The molecule has 0 aliphatic heterocycles. The number of nitrogens with two attached hydrogens (primary N) is 1. The van der Waals surface area contributed by atoms with E-state index in [1.165, 1.54) is 0 Å². The lowest BCUT2D eigenvalue weighted by atomic mass is 10.2. The average molecular weight is 278 g/mol. The Labute approximate surface area is 114 Å². The summed E-state index contributed by atoms with van der Waals surface area (Å²) in [4.78, 5) is 5.69. The lowest BCUT2D eigenvalue weighted by Crippen LogP contribution is -2.15. The summed E-state index contributed by atoms with van der Waals surface area (Å²) in [5.41, 5.74) is 8.07. The Morgan fingerprint density at radius 3 is 2.83 bits per heavy atom. The molecule has 0 amide bonds. The van der Waals surface area contributed by atoms with Crippen LogP contribution in [-0.4, -0.2) is 9.55 Å². The number of aryl methyl sites for hydroxylation is 1. The molecule has 3 rings (SSSR count). The fraction of sp³-hybridized carbons (Fsp3) is 0.154. The highest BCUT2D eigenvalue weighted by Gasteiger charge is 2.18. The van der Waals surface area contributed by atoms with E-state index < -0.39 is 0 Å². The lowest BCUT2D eigenvalue weighted by molar-refractivity contribution is 0.738. The van der Waals surface area contributed by atoms with Crippen LogP contribution < -0.4 is 5.73 Å². The quantitative estimate of drug-likeness (QED) is 0.781. The number of halogens is 1. The van der Waals surface area contributed by atoms with Gasteiger partial charge < -0.3 is 10.3 Å². The summed E-state index contributed by atoms with van der Waals surface area (Å²) < 4.78 is 1.97. The minimum atomic E-state index is -0.210. The second kappa shape index (κ2) is 4.39. The highest BCUT2D eigenvalue weighted by molar-refractivity contribution is 7.10. The van der Waals surface area contributed by atoms with Crippen LogP contribution in [0.5, 0.6) is 0 Å². The predicted octanol–water partition coefficient (Wildman–Crippen LogP) is 3.34. The largest absolute Gasteiger partial charge is 0.328 e. The molecular weight excluding hydrogens is 266 g/mol. The molecule has 5 heteroatoms. The number of nitrogens with zero attached hydrogens (tertiary/aromatic N) is 2. The maximum Gasteiger partial charge on any atom is 0.132 e. The van der Waals surface area contributed by atoms with Gasteiger partial charge in [0.2, 0.25) is 0 Å². The van der Waals surface area contributed by atoms with Gasteiger partial charge in [0, 0.05) is 11.9 Å². The Balaban J connectivity index is 2.19. The summed E-state index contributed by atoms with van der Waals surface area (Å²) in [5, 5.41) is 2.72.